The second-order valence-electron chi connectivity index (χ2n) is 6.83. The van der Waals surface area contributed by atoms with Crippen LogP contribution in [0.4, 0.5) is 18.9 Å². The zero-order valence-corrected chi connectivity index (χ0v) is 18.2. The molecule has 1 atom stereocenters. The lowest BCUT2D eigenvalue weighted by Crippen LogP contribution is -2.16. The molecule has 0 radical (unpaired) electrons. The Morgan fingerprint density at radius 3 is 2.69 bits per heavy atom. The van der Waals surface area contributed by atoms with E-state index in [0.717, 1.165) is 12.1 Å². The van der Waals surface area contributed by atoms with Crippen LogP contribution in [0, 0.1) is 0 Å². The molecule has 0 aliphatic rings. The van der Waals surface area contributed by atoms with Gasteiger partial charge in [-0.3, -0.25) is 9.59 Å². The number of thiophene rings is 1. The van der Waals surface area contributed by atoms with Crippen LogP contribution in [-0.2, 0) is 11.0 Å². The zero-order valence-electron chi connectivity index (χ0n) is 16.5. The van der Waals surface area contributed by atoms with E-state index >= 15 is 0 Å². The predicted octanol–water partition coefficient (Wildman–Crippen LogP) is 5.70. The highest BCUT2D eigenvalue weighted by Gasteiger charge is 2.30. The number of benzene rings is 1. The Balaban J connectivity index is 1.41. The van der Waals surface area contributed by atoms with E-state index in [-0.39, 0.29) is 28.2 Å². The summed E-state index contributed by atoms with van der Waals surface area (Å²) in [6.07, 6.45) is -2.90. The number of anilines is 1. The molecule has 32 heavy (non-hydrogen) atoms. The first-order chi connectivity index (χ1) is 15.2. The average Bonchev–Trinajstić information content (AvgIpc) is 3.41. The van der Waals surface area contributed by atoms with E-state index in [4.69, 9.17) is 4.42 Å². The Morgan fingerprint density at radius 1 is 1.28 bits per heavy atom. The van der Waals surface area contributed by atoms with Crippen LogP contribution in [0.3, 0.4) is 0 Å². The van der Waals surface area contributed by atoms with Crippen molar-refractivity contribution in [1.82, 2.24) is 9.97 Å². The molecule has 6 nitrogen and oxygen atoms in total. The highest BCUT2D eigenvalue weighted by molar-refractivity contribution is 8.00. The van der Waals surface area contributed by atoms with E-state index in [1.54, 1.807) is 19.1 Å². The summed E-state index contributed by atoms with van der Waals surface area (Å²) in [5, 5.41) is 4.53. The molecule has 2 N–H and O–H groups in total. The number of aromatic amines is 1. The molecule has 4 aromatic rings. The first kappa shape index (κ1) is 22.2. The number of rotatable bonds is 6. The largest absolute Gasteiger partial charge is 0.464 e. The lowest BCUT2D eigenvalue weighted by Gasteiger charge is -2.11. The van der Waals surface area contributed by atoms with Gasteiger partial charge in [-0.2, -0.15) is 13.2 Å². The summed E-state index contributed by atoms with van der Waals surface area (Å²) in [6, 6.07) is 7.73. The molecule has 1 unspecified atom stereocenters. The third kappa shape index (κ3) is 4.73. The minimum atomic E-state index is -4.43. The van der Waals surface area contributed by atoms with Gasteiger partial charge >= 0.3 is 6.18 Å². The van der Waals surface area contributed by atoms with Crippen molar-refractivity contribution in [2.45, 2.75) is 18.3 Å². The van der Waals surface area contributed by atoms with Crippen molar-refractivity contribution in [2.24, 2.45) is 0 Å². The van der Waals surface area contributed by atoms with Gasteiger partial charge in [0.2, 0.25) is 5.91 Å². The molecule has 0 saturated carbocycles. The number of H-pyrrole nitrogens is 1. The number of alkyl halides is 3. The fourth-order valence-corrected chi connectivity index (χ4v) is 4.67. The number of thioether (sulfide) groups is 1. The molecule has 1 amide bonds. The van der Waals surface area contributed by atoms with Crippen molar-refractivity contribution >= 4 is 44.9 Å². The maximum absolute atomic E-state index is 12.7. The van der Waals surface area contributed by atoms with E-state index in [0.29, 0.717) is 27.4 Å². The standard InChI is InChI=1S/C21H16F3N3O3S2/c1-11(31-10-16(28)25-13-6-4-12(5-7-13)21(22,23)24)18-26-19(29)17-14(9-32-20(17)27-18)15-3-2-8-30-15/h2-9,11H,10H2,1H3,(H,25,28)(H,26,27,29). The van der Waals surface area contributed by atoms with Gasteiger partial charge in [0.15, 0.2) is 0 Å². The molecule has 0 aliphatic heterocycles. The van der Waals surface area contributed by atoms with Gasteiger partial charge < -0.3 is 14.7 Å². The number of fused-ring (bicyclic) bond motifs is 1. The highest BCUT2D eigenvalue weighted by atomic mass is 32.2. The fourth-order valence-electron chi connectivity index (χ4n) is 2.99. The minimum Gasteiger partial charge on any atom is -0.464 e. The Kier molecular flexibility index (Phi) is 6.11. The van der Waals surface area contributed by atoms with Crippen LogP contribution in [0.5, 0.6) is 0 Å². The Bertz CT molecular complexity index is 1300. The summed E-state index contributed by atoms with van der Waals surface area (Å²) in [7, 11) is 0. The normalized spacial score (nSPS) is 12.8. The van der Waals surface area contributed by atoms with Gasteiger partial charge in [-0.25, -0.2) is 4.98 Å². The summed E-state index contributed by atoms with van der Waals surface area (Å²) < 4.78 is 43.3. The number of hydrogen-bond acceptors (Lipinski definition) is 6. The Hall–Kier alpha value is -3.05. The lowest BCUT2D eigenvalue weighted by molar-refractivity contribution is -0.137. The number of nitrogens with zero attached hydrogens (tertiary/aromatic N) is 1. The number of furan rings is 1. The van der Waals surface area contributed by atoms with Crippen LogP contribution in [0.25, 0.3) is 21.5 Å². The molecular formula is C21H16F3N3O3S2. The molecular weight excluding hydrogens is 463 g/mol. The smallest absolute Gasteiger partial charge is 0.416 e. The van der Waals surface area contributed by atoms with Crippen LogP contribution in [0.15, 0.2) is 57.3 Å². The van der Waals surface area contributed by atoms with Gasteiger partial charge in [-0.15, -0.1) is 23.1 Å². The summed E-state index contributed by atoms with van der Waals surface area (Å²) in [5.41, 5.74) is -0.133. The SMILES string of the molecule is CC(SCC(=O)Nc1ccc(C(F)(F)F)cc1)c1nc2scc(-c3ccco3)c2c(=O)[nH]1. The summed E-state index contributed by atoms with van der Waals surface area (Å²) >= 11 is 2.57. The third-order valence-electron chi connectivity index (χ3n) is 4.59. The molecule has 3 aromatic heterocycles. The Labute approximate surface area is 187 Å². The van der Waals surface area contributed by atoms with Gasteiger partial charge in [-0.1, -0.05) is 0 Å². The highest BCUT2D eigenvalue weighted by Crippen LogP contribution is 2.33. The number of nitrogens with one attached hydrogen (secondary N) is 2. The van der Waals surface area contributed by atoms with E-state index in [1.807, 2.05) is 5.38 Å². The van der Waals surface area contributed by atoms with E-state index in [2.05, 4.69) is 15.3 Å². The molecule has 11 heteroatoms. The van der Waals surface area contributed by atoms with Gasteiger partial charge in [0.1, 0.15) is 16.4 Å². The predicted molar refractivity (Wildman–Crippen MR) is 119 cm³/mol. The molecule has 4 rings (SSSR count). The van der Waals surface area contributed by atoms with Gasteiger partial charge in [0.05, 0.1) is 28.2 Å². The van der Waals surface area contributed by atoms with Crippen molar-refractivity contribution in [3.8, 4) is 11.3 Å². The van der Waals surface area contributed by atoms with Crippen molar-refractivity contribution in [2.75, 3.05) is 11.1 Å². The topological polar surface area (TPSA) is 88.0 Å². The maximum Gasteiger partial charge on any atom is 0.416 e. The third-order valence-corrected chi connectivity index (χ3v) is 6.62. The van der Waals surface area contributed by atoms with Crippen LogP contribution < -0.4 is 10.9 Å². The van der Waals surface area contributed by atoms with Gasteiger partial charge in [0.25, 0.3) is 5.56 Å². The first-order valence-corrected chi connectivity index (χ1v) is 11.3. The van der Waals surface area contributed by atoms with E-state index in [9.17, 15) is 22.8 Å². The van der Waals surface area contributed by atoms with Gasteiger partial charge in [0, 0.05) is 16.6 Å². The quantitative estimate of drug-likeness (QED) is 0.371. The number of carbonyl (C=O) groups is 1. The molecule has 1 aromatic carbocycles. The van der Waals surface area contributed by atoms with Crippen molar-refractivity contribution in [3.63, 3.8) is 0 Å². The molecule has 3 heterocycles. The Morgan fingerprint density at radius 2 is 2.03 bits per heavy atom. The molecule has 0 spiro atoms. The molecule has 166 valence electrons. The number of hydrogen-bond donors (Lipinski definition) is 2. The second kappa shape index (κ2) is 8.83. The molecule has 0 bridgehead atoms. The fraction of sp³-hybridized carbons (Fsp3) is 0.190. The van der Waals surface area contributed by atoms with Gasteiger partial charge in [-0.05, 0) is 43.3 Å². The second-order valence-corrected chi connectivity index (χ2v) is 9.02. The minimum absolute atomic E-state index is 0.0338. The average molecular weight is 480 g/mol. The monoisotopic (exact) mass is 479 g/mol. The van der Waals surface area contributed by atoms with E-state index in [1.165, 1.54) is 41.5 Å². The number of halogens is 3. The molecule has 0 aliphatic carbocycles. The van der Waals surface area contributed by atoms with E-state index < -0.39 is 11.7 Å². The number of carbonyl (C=O) groups excluding carboxylic acids is 1. The van der Waals surface area contributed by atoms with Crippen molar-refractivity contribution in [1.29, 1.82) is 0 Å². The maximum atomic E-state index is 12.7. The van der Waals surface area contributed by atoms with Crippen LogP contribution in [-0.4, -0.2) is 21.6 Å². The number of amides is 1. The van der Waals surface area contributed by atoms with Crippen LogP contribution in [0.1, 0.15) is 23.6 Å². The lowest BCUT2D eigenvalue weighted by atomic mass is 10.2. The van der Waals surface area contributed by atoms with Crippen LogP contribution >= 0.6 is 23.1 Å². The summed E-state index contributed by atoms with van der Waals surface area (Å²) in [6.45, 7) is 1.81. The number of aromatic nitrogens is 2. The van der Waals surface area contributed by atoms with Crippen molar-refractivity contribution in [3.05, 3.63) is 69.8 Å². The summed E-state index contributed by atoms with van der Waals surface area (Å²) in [4.78, 5) is 32.7. The summed E-state index contributed by atoms with van der Waals surface area (Å²) in [5.74, 6) is 0.675. The molecule has 0 saturated heterocycles. The first-order valence-electron chi connectivity index (χ1n) is 9.36. The van der Waals surface area contributed by atoms with Crippen LogP contribution in [0.2, 0.25) is 0 Å². The van der Waals surface area contributed by atoms with Crippen molar-refractivity contribution < 1.29 is 22.4 Å². The zero-order chi connectivity index (χ0) is 22.9. The molecule has 0 fully saturated rings.